The molecule has 0 unspecified atom stereocenters. The van der Waals surface area contributed by atoms with E-state index >= 15 is 0 Å². The highest BCUT2D eigenvalue weighted by atomic mass is 16.1. The second kappa shape index (κ2) is 7.28. The Kier molecular flexibility index (Phi) is 4.92. The van der Waals surface area contributed by atoms with Crippen LogP contribution in [0.15, 0.2) is 60.7 Å². The molecule has 0 amide bonds. The summed E-state index contributed by atoms with van der Waals surface area (Å²) in [5.74, 6) is 0.0782. The number of hydrogen-bond donors (Lipinski definition) is 0. The topological polar surface area (TPSA) is 20.3 Å². The molecule has 0 aliphatic carbocycles. The van der Waals surface area contributed by atoms with Crippen LogP contribution in [0.2, 0.25) is 0 Å². The predicted octanol–water partition coefficient (Wildman–Crippen LogP) is 4.70. The van der Waals surface area contributed by atoms with E-state index in [1.54, 1.807) is 0 Å². The monoisotopic (exact) mass is 305 g/mol. The summed E-state index contributed by atoms with van der Waals surface area (Å²) in [6.45, 7) is 4.09. The van der Waals surface area contributed by atoms with E-state index in [0.29, 0.717) is 0 Å². The molecule has 1 fully saturated rings. The standard InChI is InChI=1S/C21H23NO/c1-17-10-12-19(13-11-17)21(23)16-20(18-8-4-2-5-9-18)22-14-6-3-7-15-22/h2,4-5,8-13,16H,3,6-7,14-15H2,1H3. The van der Waals surface area contributed by atoms with Gasteiger partial charge in [0.2, 0.25) is 0 Å². The van der Waals surface area contributed by atoms with Crippen molar-refractivity contribution in [3.05, 3.63) is 77.4 Å². The van der Waals surface area contributed by atoms with Crippen molar-refractivity contribution in [2.45, 2.75) is 26.2 Å². The van der Waals surface area contributed by atoms with Crippen molar-refractivity contribution in [1.82, 2.24) is 4.90 Å². The lowest BCUT2D eigenvalue weighted by atomic mass is 10.0. The maximum absolute atomic E-state index is 12.7. The summed E-state index contributed by atoms with van der Waals surface area (Å²) in [4.78, 5) is 15.0. The molecule has 1 heterocycles. The van der Waals surface area contributed by atoms with Gasteiger partial charge in [0, 0.05) is 30.4 Å². The maximum atomic E-state index is 12.7. The van der Waals surface area contributed by atoms with Gasteiger partial charge in [-0.25, -0.2) is 0 Å². The van der Waals surface area contributed by atoms with E-state index in [4.69, 9.17) is 0 Å². The van der Waals surface area contributed by atoms with Gasteiger partial charge in [-0.15, -0.1) is 0 Å². The van der Waals surface area contributed by atoms with Gasteiger partial charge in [-0.1, -0.05) is 60.2 Å². The molecular formula is C21H23NO. The van der Waals surface area contributed by atoms with Crippen LogP contribution in [0.5, 0.6) is 0 Å². The quantitative estimate of drug-likeness (QED) is 0.602. The first kappa shape index (κ1) is 15.5. The molecule has 118 valence electrons. The van der Waals surface area contributed by atoms with Gasteiger partial charge in [-0.2, -0.15) is 0 Å². The van der Waals surface area contributed by atoms with Crippen LogP contribution in [-0.2, 0) is 0 Å². The average molecular weight is 305 g/mol. The average Bonchev–Trinajstić information content (AvgIpc) is 2.61. The van der Waals surface area contributed by atoms with Gasteiger partial charge in [-0.3, -0.25) is 4.79 Å². The molecule has 0 spiro atoms. The van der Waals surface area contributed by atoms with Gasteiger partial charge in [0.05, 0.1) is 0 Å². The molecule has 0 radical (unpaired) electrons. The first-order valence-corrected chi connectivity index (χ1v) is 8.37. The van der Waals surface area contributed by atoms with Gasteiger partial charge in [0.15, 0.2) is 5.78 Å². The Hall–Kier alpha value is -2.35. The molecule has 0 saturated carbocycles. The van der Waals surface area contributed by atoms with E-state index in [9.17, 15) is 4.79 Å². The first-order valence-electron chi connectivity index (χ1n) is 8.37. The lowest BCUT2D eigenvalue weighted by Crippen LogP contribution is -2.28. The number of carbonyl (C=O) groups excluding carboxylic acids is 1. The largest absolute Gasteiger partial charge is 0.371 e. The van der Waals surface area contributed by atoms with Crippen LogP contribution in [0.3, 0.4) is 0 Å². The summed E-state index contributed by atoms with van der Waals surface area (Å²) in [7, 11) is 0. The Morgan fingerprint density at radius 1 is 0.870 bits per heavy atom. The second-order valence-corrected chi connectivity index (χ2v) is 6.17. The summed E-state index contributed by atoms with van der Waals surface area (Å²) in [5.41, 5.74) is 4.09. The minimum Gasteiger partial charge on any atom is -0.371 e. The molecule has 2 heteroatoms. The zero-order chi connectivity index (χ0) is 16.1. The van der Waals surface area contributed by atoms with Crippen molar-refractivity contribution in [1.29, 1.82) is 0 Å². The number of nitrogens with zero attached hydrogens (tertiary/aromatic N) is 1. The molecule has 1 aliphatic heterocycles. The van der Waals surface area contributed by atoms with Gasteiger partial charge in [0.25, 0.3) is 0 Å². The lowest BCUT2D eigenvalue weighted by Gasteiger charge is -2.31. The molecule has 0 atom stereocenters. The number of allylic oxidation sites excluding steroid dienone is 1. The Morgan fingerprint density at radius 2 is 1.52 bits per heavy atom. The molecule has 0 N–H and O–H groups in total. The molecule has 2 aromatic rings. The number of aryl methyl sites for hydroxylation is 1. The van der Waals surface area contributed by atoms with Crippen molar-refractivity contribution >= 4 is 11.5 Å². The van der Waals surface area contributed by atoms with Crippen LogP contribution >= 0.6 is 0 Å². The van der Waals surface area contributed by atoms with Crippen LogP contribution in [0.4, 0.5) is 0 Å². The smallest absolute Gasteiger partial charge is 0.187 e. The van der Waals surface area contributed by atoms with E-state index in [1.807, 2.05) is 55.5 Å². The van der Waals surface area contributed by atoms with Crippen molar-refractivity contribution in [2.75, 3.05) is 13.1 Å². The number of piperidine rings is 1. The highest BCUT2D eigenvalue weighted by Gasteiger charge is 2.16. The van der Waals surface area contributed by atoms with E-state index in [1.165, 1.54) is 24.8 Å². The molecule has 3 rings (SSSR count). The van der Waals surface area contributed by atoms with E-state index in [-0.39, 0.29) is 5.78 Å². The Balaban J connectivity index is 1.93. The summed E-state index contributed by atoms with van der Waals surface area (Å²) < 4.78 is 0. The Labute approximate surface area is 138 Å². The van der Waals surface area contributed by atoms with Crippen molar-refractivity contribution in [3.63, 3.8) is 0 Å². The zero-order valence-corrected chi connectivity index (χ0v) is 13.7. The summed E-state index contributed by atoms with van der Waals surface area (Å²) >= 11 is 0. The van der Waals surface area contributed by atoms with Crippen molar-refractivity contribution < 1.29 is 4.79 Å². The molecule has 23 heavy (non-hydrogen) atoms. The third-order valence-corrected chi connectivity index (χ3v) is 4.37. The van der Waals surface area contributed by atoms with Crippen LogP contribution < -0.4 is 0 Å². The highest BCUT2D eigenvalue weighted by molar-refractivity contribution is 6.08. The minimum atomic E-state index is 0.0782. The van der Waals surface area contributed by atoms with Crippen molar-refractivity contribution in [2.24, 2.45) is 0 Å². The second-order valence-electron chi connectivity index (χ2n) is 6.17. The fraction of sp³-hybridized carbons (Fsp3) is 0.286. The van der Waals surface area contributed by atoms with Gasteiger partial charge >= 0.3 is 0 Å². The molecule has 1 saturated heterocycles. The number of ketones is 1. The number of carbonyl (C=O) groups is 1. The van der Waals surface area contributed by atoms with Gasteiger partial charge < -0.3 is 4.90 Å². The predicted molar refractivity (Wildman–Crippen MR) is 95.4 cm³/mol. The van der Waals surface area contributed by atoms with E-state index < -0.39 is 0 Å². The van der Waals surface area contributed by atoms with E-state index in [0.717, 1.165) is 29.9 Å². The van der Waals surface area contributed by atoms with Crippen LogP contribution in [0, 0.1) is 6.92 Å². The Bertz CT molecular complexity index is 680. The molecule has 0 bridgehead atoms. The fourth-order valence-corrected chi connectivity index (χ4v) is 3.03. The normalized spacial score (nSPS) is 15.5. The number of rotatable bonds is 4. The maximum Gasteiger partial charge on any atom is 0.187 e. The van der Waals surface area contributed by atoms with Crippen molar-refractivity contribution in [3.8, 4) is 0 Å². The summed E-state index contributed by atoms with van der Waals surface area (Å²) in [5, 5.41) is 0. The van der Waals surface area contributed by atoms with Gasteiger partial charge in [-0.05, 0) is 31.7 Å². The molecular weight excluding hydrogens is 282 g/mol. The van der Waals surface area contributed by atoms with Crippen LogP contribution in [0.1, 0.15) is 40.7 Å². The first-order chi connectivity index (χ1) is 11.2. The van der Waals surface area contributed by atoms with Gasteiger partial charge in [0.1, 0.15) is 0 Å². The van der Waals surface area contributed by atoms with Crippen LogP contribution in [0.25, 0.3) is 5.70 Å². The molecule has 1 aliphatic rings. The molecule has 2 aromatic carbocycles. The zero-order valence-electron chi connectivity index (χ0n) is 13.7. The third kappa shape index (κ3) is 3.89. The number of benzene rings is 2. The fourth-order valence-electron chi connectivity index (χ4n) is 3.03. The summed E-state index contributed by atoms with van der Waals surface area (Å²) in [6.07, 6.45) is 5.49. The van der Waals surface area contributed by atoms with Crippen LogP contribution in [-0.4, -0.2) is 23.8 Å². The third-order valence-electron chi connectivity index (χ3n) is 4.37. The lowest BCUT2D eigenvalue weighted by molar-refractivity contribution is 0.104. The number of likely N-dealkylation sites (tertiary alicyclic amines) is 1. The molecule has 0 aromatic heterocycles. The minimum absolute atomic E-state index is 0.0782. The number of hydrogen-bond acceptors (Lipinski definition) is 2. The highest BCUT2D eigenvalue weighted by Crippen LogP contribution is 2.24. The summed E-state index contributed by atoms with van der Waals surface area (Å²) in [6, 6.07) is 18.0. The molecule has 2 nitrogen and oxygen atoms in total. The Morgan fingerprint density at radius 3 is 2.17 bits per heavy atom. The van der Waals surface area contributed by atoms with E-state index in [2.05, 4.69) is 17.0 Å². The SMILES string of the molecule is Cc1ccc(C(=O)C=C(c2ccccc2)N2CCCCC2)cc1.